The molecule has 3 heteroatoms. The Bertz CT molecular complexity index is 783. The highest BCUT2D eigenvalue weighted by molar-refractivity contribution is 5.79. The molecule has 2 heterocycles. The Labute approximate surface area is 124 Å². The lowest BCUT2D eigenvalue weighted by Crippen LogP contribution is -2.06. The largest absolute Gasteiger partial charge is 0.382 e. The highest BCUT2D eigenvalue weighted by Crippen LogP contribution is 2.26. The van der Waals surface area contributed by atoms with Crippen molar-refractivity contribution in [1.82, 2.24) is 9.97 Å². The van der Waals surface area contributed by atoms with Crippen LogP contribution in [-0.4, -0.2) is 15.1 Å². The molecule has 1 atom stereocenters. The maximum absolute atomic E-state index is 10.6. The van der Waals surface area contributed by atoms with E-state index in [1.165, 1.54) is 0 Å². The lowest BCUT2D eigenvalue weighted by atomic mass is 9.99. The molecule has 0 saturated carbocycles. The Balaban J connectivity index is 2.05. The van der Waals surface area contributed by atoms with Crippen LogP contribution in [0.5, 0.6) is 0 Å². The van der Waals surface area contributed by atoms with E-state index in [0.29, 0.717) is 0 Å². The highest BCUT2D eigenvalue weighted by atomic mass is 16.3. The molecular weight excluding hydrogens is 260 g/mol. The second-order valence-corrected chi connectivity index (χ2v) is 5.21. The molecule has 0 aliphatic rings. The molecule has 2 aromatic heterocycles. The average Bonchev–Trinajstić information content (AvgIpc) is 2.53. The number of aliphatic hydroxyl groups excluding tert-OH is 1. The van der Waals surface area contributed by atoms with Gasteiger partial charge >= 0.3 is 0 Å². The molecule has 0 radical (unpaired) electrons. The number of hydrogen-bond donors (Lipinski definition) is 1. The van der Waals surface area contributed by atoms with Crippen LogP contribution in [-0.2, 0) is 6.42 Å². The van der Waals surface area contributed by atoms with Crippen LogP contribution in [0.4, 0.5) is 0 Å². The summed E-state index contributed by atoms with van der Waals surface area (Å²) in [5.41, 5.74) is 4.60. The molecule has 0 aliphatic carbocycles. The molecule has 106 valence electrons. The van der Waals surface area contributed by atoms with E-state index in [-0.39, 0.29) is 0 Å². The number of benzene rings is 1. The summed E-state index contributed by atoms with van der Waals surface area (Å²) in [6.07, 6.45) is 1.88. The summed E-state index contributed by atoms with van der Waals surface area (Å²) >= 11 is 0. The Morgan fingerprint density at radius 3 is 2.81 bits per heavy atom. The van der Waals surface area contributed by atoms with Crippen LogP contribution in [0.3, 0.4) is 0 Å². The van der Waals surface area contributed by atoms with E-state index < -0.39 is 6.10 Å². The van der Waals surface area contributed by atoms with Gasteiger partial charge in [-0.25, -0.2) is 0 Å². The fourth-order valence-corrected chi connectivity index (χ4v) is 2.57. The number of fused-ring (bicyclic) bond motifs is 1. The van der Waals surface area contributed by atoms with Gasteiger partial charge in [0.25, 0.3) is 0 Å². The topological polar surface area (TPSA) is 46.0 Å². The molecule has 0 amide bonds. The van der Waals surface area contributed by atoms with Crippen LogP contribution in [0.2, 0.25) is 0 Å². The predicted octanol–water partition coefficient (Wildman–Crippen LogP) is 3.58. The van der Waals surface area contributed by atoms with Crippen molar-refractivity contribution in [2.45, 2.75) is 26.4 Å². The summed E-state index contributed by atoms with van der Waals surface area (Å²) < 4.78 is 0. The van der Waals surface area contributed by atoms with Gasteiger partial charge in [0, 0.05) is 17.3 Å². The van der Waals surface area contributed by atoms with Crippen LogP contribution >= 0.6 is 0 Å². The average molecular weight is 278 g/mol. The summed E-state index contributed by atoms with van der Waals surface area (Å²) in [5.74, 6) is 0. The van der Waals surface area contributed by atoms with E-state index in [1.807, 2.05) is 49.4 Å². The summed E-state index contributed by atoms with van der Waals surface area (Å²) in [7, 11) is 0. The van der Waals surface area contributed by atoms with E-state index >= 15 is 0 Å². The molecule has 3 nitrogen and oxygen atoms in total. The third kappa shape index (κ3) is 2.65. The van der Waals surface area contributed by atoms with Gasteiger partial charge in [0.05, 0.1) is 11.2 Å². The van der Waals surface area contributed by atoms with E-state index in [2.05, 4.69) is 16.9 Å². The van der Waals surface area contributed by atoms with Crippen LogP contribution < -0.4 is 0 Å². The fraction of sp³-hybridized carbons (Fsp3) is 0.222. The maximum atomic E-state index is 10.6. The van der Waals surface area contributed by atoms with E-state index in [0.717, 1.165) is 39.8 Å². The second kappa shape index (κ2) is 5.62. The third-order valence-electron chi connectivity index (χ3n) is 3.73. The zero-order chi connectivity index (χ0) is 14.8. The third-order valence-corrected chi connectivity index (χ3v) is 3.73. The highest BCUT2D eigenvalue weighted by Gasteiger charge is 2.15. The molecule has 1 N–H and O–H groups in total. The monoisotopic (exact) mass is 278 g/mol. The van der Waals surface area contributed by atoms with Gasteiger partial charge in [-0.2, -0.15) is 0 Å². The van der Waals surface area contributed by atoms with Crippen molar-refractivity contribution < 1.29 is 5.11 Å². The summed E-state index contributed by atoms with van der Waals surface area (Å²) in [4.78, 5) is 8.84. The number of pyridine rings is 2. The van der Waals surface area contributed by atoms with Gasteiger partial charge in [-0.15, -0.1) is 0 Å². The van der Waals surface area contributed by atoms with E-state index in [9.17, 15) is 5.11 Å². The molecule has 21 heavy (non-hydrogen) atoms. The second-order valence-electron chi connectivity index (χ2n) is 5.21. The minimum atomic E-state index is -0.702. The van der Waals surface area contributed by atoms with Crippen molar-refractivity contribution in [3.05, 3.63) is 71.2 Å². The first-order valence-electron chi connectivity index (χ1n) is 7.18. The minimum absolute atomic E-state index is 0.702. The molecule has 0 aliphatic heterocycles. The Morgan fingerprint density at radius 2 is 2.00 bits per heavy atom. The summed E-state index contributed by atoms with van der Waals surface area (Å²) in [6.45, 7) is 4.05. The lowest BCUT2D eigenvalue weighted by Gasteiger charge is -2.14. The fourth-order valence-electron chi connectivity index (χ4n) is 2.57. The molecule has 1 aromatic carbocycles. The van der Waals surface area contributed by atoms with Gasteiger partial charge in [-0.1, -0.05) is 25.1 Å². The van der Waals surface area contributed by atoms with Gasteiger partial charge in [-0.3, -0.25) is 9.97 Å². The SMILES string of the molecule is CCc1cccnc1C(O)c1ccc2nc(C)ccc2c1. The van der Waals surface area contributed by atoms with Gasteiger partial charge in [0.1, 0.15) is 6.10 Å². The number of aliphatic hydroxyl groups is 1. The Hall–Kier alpha value is -2.26. The zero-order valence-corrected chi connectivity index (χ0v) is 12.2. The van der Waals surface area contributed by atoms with Gasteiger partial charge < -0.3 is 5.11 Å². The first kappa shape index (κ1) is 13.7. The standard InChI is InChI=1S/C18H18N2O/c1-3-13-5-4-10-19-17(13)18(21)15-8-9-16-14(11-15)7-6-12(2)20-16/h4-11,18,21H,3H2,1-2H3. The molecule has 0 bridgehead atoms. The quantitative estimate of drug-likeness (QED) is 0.796. The summed E-state index contributed by atoms with van der Waals surface area (Å²) in [6, 6.07) is 13.8. The van der Waals surface area contributed by atoms with Crippen molar-refractivity contribution in [3.63, 3.8) is 0 Å². The molecule has 0 saturated heterocycles. The lowest BCUT2D eigenvalue weighted by molar-refractivity contribution is 0.214. The maximum Gasteiger partial charge on any atom is 0.121 e. The summed E-state index contributed by atoms with van der Waals surface area (Å²) in [5, 5.41) is 11.7. The molecule has 3 aromatic rings. The van der Waals surface area contributed by atoms with Crippen molar-refractivity contribution in [2.75, 3.05) is 0 Å². The van der Waals surface area contributed by atoms with E-state index in [1.54, 1.807) is 6.20 Å². The molecule has 3 rings (SSSR count). The van der Waals surface area contributed by atoms with Crippen LogP contribution in [0.1, 0.15) is 35.5 Å². The van der Waals surface area contributed by atoms with Gasteiger partial charge in [0.15, 0.2) is 0 Å². The predicted molar refractivity (Wildman–Crippen MR) is 84.2 cm³/mol. The van der Waals surface area contributed by atoms with Crippen molar-refractivity contribution in [1.29, 1.82) is 0 Å². The minimum Gasteiger partial charge on any atom is -0.382 e. The zero-order valence-electron chi connectivity index (χ0n) is 12.2. The number of aromatic nitrogens is 2. The smallest absolute Gasteiger partial charge is 0.121 e. The van der Waals surface area contributed by atoms with Crippen LogP contribution in [0.15, 0.2) is 48.7 Å². The van der Waals surface area contributed by atoms with Crippen LogP contribution in [0.25, 0.3) is 10.9 Å². The molecule has 0 spiro atoms. The number of rotatable bonds is 3. The number of nitrogens with zero attached hydrogens (tertiary/aromatic N) is 2. The van der Waals surface area contributed by atoms with Crippen molar-refractivity contribution in [2.24, 2.45) is 0 Å². The molecular formula is C18H18N2O. The van der Waals surface area contributed by atoms with Gasteiger partial charge in [-0.05, 0) is 48.7 Å². The van der Waals surface area contributed by atoms with Crippen molar-refractivity contribution >= 4 is 10.9 Å². The van der Waals surface area contributed by atoms with Crippen LogP contribution in [0, 0.1) is 6.92 Å². The first-order valence-corrected chi connectivity index (χ1v) is 7.18. The first-order chi connectivity index (χ1) is 10.2. The van der Waals surface area contributed by atoms with E-state index in [4.69, 9.17) is 0 Å². The number of aryl methyl sites for hydroxylation is 2. The van der Waals surface area contributed by atoms with Gasteiger partial charge in [0.2, 0.25) is 0 Å². The Morgan fingerprint density at radius 1 is 1.14 bits per heavy atom. The molecule has 1 unspecified atom stereocenters. The Kier molecular flexibility index (Phi) is 3.67. The number of hydrogen-bond acceptors (Lipinski definition) is 3. The van der Waals surface area contributed by atoms with Crippen molar-refractivity contribution in [3.8, 4) is 0 Å². The normalized spacial score (nSPS) is 12.5. The molecule has 0 fully saturated rings.